The summed E-state index contributed by atoms with van der Waals surface area (Å²) in [6.45, 7) is 0.897. The lowest BCUT2D eigenvalue weighted by Crippen LogP contribution is -2.20. The number of aromatic amines is 1. The summed E-state index contributed by atoms with van der Waals surface area (Å²) < 4.78 is 0. The van der Waals surface area contributed by atoms with Gasteiger partial charge < -0.3 is 10.3 Å². The topological polar surface area (TPSA) is 57.8 Å². The van der Waals surface area contributed by atoms with Crippen LogP contribution in [0.1, 0.15) is 25.7 Å². The lowest BCUT2D eigenvalue weighted by Gasteiger charge is -2.15. The average Bonchev–Trinajstić information content (AvgIpc) is 3.14. The fourth-order valence-electron chi connectivity index (χ4n) is 2.35. The van der Waals surface area contributed by atoms with Gasteiger partial charge in [0.1, 0.15) is 5.02 Å². The maximum atomic E-state index is 11.3. The summed E-state index contributed by atoms with van der Waals surface area (Å²) in [5, 5.41) is 3.38. The van der Waals surface area contributed by atoms with Gasteiger partial charge >= 0.3 is 0 Å². The molecule has 2 fully saturated rings. The highest BCUT2D eigenvalue weighted by Crippen LogP contribution is 2.61. The minimum atomic E-state index is -0.282. The zero-order chi connectivity index (χ0) is 11.2. The summed E-state index contributed by atoms with van der Waals surface area (Å²) in [6, 6.07) is 0. The van der Waals surface area contributed by atoms with E-state index in [1.807, 2.05) is 0 Å². The number of hydrogen-bond donors (Lipinski definition) is 2. The molecular weight excluding hydrogens is 226 g/mol. The molecule has 0 bridgehead atoms. The molecule has 86 valence electrons. The predicted molar refractivity (Wildman–Crippen MR) is 62.7 cm³/mol. The molecule has 16 heavy (non-hydrogen) atoms. The van der Waals surface area contributed by atoms with Gasteiger partial charge in [0.15, 0.2) is 5.82 Å². The first-order valence-corrected chi connectivity index (χ1v) is 6.06. The first-order chi connectivity index (χ1) is 7.71. The Labute approximate surface area is 98.4 Å². The van der Waals surface area contributed by atoms with Crippen LogP contribution in [-0.2, 0) is 0 Å². The highest BCUT2D eigenvalue weighted by Gasteiger charge is 2.53. The molecule has 4 nitrogen and oxygen atoms in total. The summed E-state index contributed by atoms with van der Waals surface area (Å²) >= 11 is 5.87. The van der Waals surface area contributed by atoms with Gasteiger partial charge in [-0.2, -0.15) is 0 Å². The number of aromatic nitrogens is 2. The predicted octanol–water partition coefficient (Wildman–Crippen LogP) is 2.03. The van der Waals surface area contributed by atoms with E-state index < -0.39 is 0 Å². The van der Waals surface area contributed by atoms with Crippen molar-refractivity contribution < 1.29 is 0 Å². The first kappa shape index (κ1) is 10.1. The van der Waals surface area contributed by atoms with Crippen LogP contribution >= 0.6 is 11.6 Å². The van der Waals surface area contributed by atoms with Gasteiger partial charge in [0.25, 0.3) is 5.56 Å². The van der Waals surface area contributed by atoms with Crippen molar-refractivity contribution in [3.05, 3.63) is 21.7 Å². The molecule has 1 aromatic rings. The van der Waals surface area contributed by atoms with Crippen molar-refractivity contribution in [2.45, 2.75) is 25.7 Å². The molecule has 0 spiro atoms. The van der Waals surface area contributed by atoms with Crippen molar-refractivity contribution in [3.63, 3.8) is 0 Å². The summed E-state index contributed by atoms with van der Waals surface area (Å²) in [5.74, 6) is 1.40. The van der Waals surface area contributed by atoms with Crippen LogP contribution in [0.25, 0.3) is 0 Å². The number of hydrogen-bond acceptors (Lipinski definition) is 3. The van der Waals surface area contributed by atoms with Crippen LogP contribution in [-0.4, -0.2) is 16.5 Å². The zero-order valence-electron chi connectivity index (χ0n) is 8.92. The van der Waals surface area contributed by atoms with Gasteiger partial charge in [-0.05, 0) is 37.0 Å². The Kier molecular flexibility index (Phi) is 2.21. The zero-order valence-corrected chi connectivity index (χ0v) is 9.68. The molecule has 0 aliphatic heterocycles. The number of nitrogens with one attached hydrogen (secondary N) is 2. The molecule has 5 heteroatoms. The maximum Gasteiger partial charge on any atom is 0.271 e. The van der Waals surface area contributed by atoms with E-state index >= 15 is 0 Å². The summed E-state index contributed by atoms with van der Waals surface area (Å²) in [5.41, 5.74) is 0.198. The Hall–Kier alpha value is -1.03. The van der Waals surface area contributed by atoms with Gasteiger partial charge in [-0.25, -0.2) is 4.98 Å². The van der Waals surface area contributed by atoms with E-state index in [1.165, 1.54) is 32.0 Å². The number of halogens is 1. The third-order valence-corrected chi connectivity index (χ3v) is 4.09. The smallest absolute Gasteiger partial charge is 0.271 e. The number of anilines is 1. The quantitative estimate of drug-likeness (QED) is 0.845. The van der Waals surface area contributed by atoms with Crippen LogP contribution in [0.2, 0.25) is 5.02 Å². The molecule has 1 aromatic heterocycles. The van der Waals surface area contributed by atoms with Crippen LogP contribution in [0.4, 0.5) is 5.82 Å². The molecule has 0 atom stereocenters. The molecule has 0 amide bonds. The SMILES string of the molecule is O=c1[nH]cnc(NCC2(C3CC3)CC2)c1Cl. The Balaban J connectivity index is 1.70. The highest BCUT2D eigenvalue weighted by molar-refractivity contribution is 6.32. The van der Waals surface area contributed by atoms with Crippen LogP contribution in [0.5, 0.6) is 0 Å². The van der Waals surface area contributed by atoms with E-state index in [4.69, 9.17) is 11.6 Å². The lowest BCUT2D eigenvalue weighted by molar-refractivity contribution is 0.466. The van der Waals surface area contributed by atoms with Crippen LogP contribution in [0.3, 0.4) is 0 Å². The van der Waals surface area contributed by atoms with Crippen molar-refractivity contribution in [1.29, 1.82) is 0 Å². The normalized spacial score (nSPS) is 21.8. The van der Waals surface area contributed by atoms with Crippen molar-refractivity contribution in [2.24, 2.45) is 11.3 Å². The second-order valence-electron chi connectivity index (χ2n) is 4.88. The van der Waals surface area contributed by atoms with Gasteiger partial charge in [-0.15, -0.1) is 0 Å². The third-order valence-electron chi connectivity index (χ3n) is 3.74. The molecular formula is C11H14ClN3O. The number of H-pyrrole nitrogens is 1. The molecule has 2 N–H and O–H groups in total. The Morgan fingerprint density at radius 2 is 2.31 bits per heavy atom. The summed E-state index contributed by atoms with van der Waals surface area (Å²) in [7, 11) is 0. The van der Waals surface area contributed by atoms with Crippen molar-refractivity contribution in [2.75, 3.05) is 11.9 Å². The second kappa shape index (κ2) is 3.48. The van der Waals surface area contributed by atoms with E-state index in [2.05, 4.69) is 15.3 Å². The second-order valence-corrected chi connectivity index (χ2v) is 5.26. The molecule has 1 heterocycles. The van der Waals surface area contributed by atoms with Gasteiger partial charge in [0.05, 0.1) is 6.33 Å². The molecule has 0 saturated heterocycles. The van der Waals surface area contributed by atoms with E-state index in [1.54, 1.807) is 0 Å². The molecule has 2 saturated carbocycles. The number of nitrogens with zero attached hydrogens (tertiary/aromatic N) is 1. The van der Waals surface area contributed by atoms with Crippen molar-refractivity contribution >= 4 is 17.4 Å². The van der Waals surface area contributed by atoms with Crippen LogP contribution < -0.4 is 10.9 Å². The molecule has 0 unspecified atom stereocenters. The Bertz CT molecular complexity index is 463. The van der Waals surface area contributed by atoms with Crippen molar-refractivity contribution in [3.8, 4) is 0 Å². The monoisotopic (exact) mass is 239 g/mol. The first-order valence-electron chi connectivity index (χ1n) is 5.68. The van der Waals surface area contributed by atoms with Crippen LogP contribution in [0.15, 0.2) is 11.1 Å². The maximum absolute atomic E-state index is 11.3. The Morgan fingerprint density at radius 3 is 2.94 bits per heavy atom. The van der Waals surface area contributed by atoms with Crippen LogP contribution in [0, 0.1) is 11.3 Å². The lowest BCUT2D eigenvalue weighted by atomic mass is 10.0. The van der Waals surface area contributed by atoms with Gasteiger partial charge in [-0.1, -0.05) is 11.6 Å². The van der Waals surface area contributed by atoms with E-state index in [-0.39, 0.29) is 10.6 Å². The minimum Gasteiger partial charge on any atom is -0.368 e. The summed E-state index contributed by atoms with van der Waals surface area (Å²) in [4.78, 5) is 17.8. The highest BCUT2D eigenvalue weighted by atomic mass is 35.5. The number of rotatable bonds is 4. The third kappa shape index (κ3) is 1.71. The fraction of sp³-hybridized carbons (Fsp3) is 0.636. The van der Waals surface area contributed by atoms with E-state index in [0.717, 1.165) is 12.5 Å². The largest absolute Gasteiger partial charge is 0.368 e. The summed E-state index contributed by atoms with van der Waals surface area (Å²) in [6.07, 6.45) is 6.70. The molecule has 0 radical (unpaired) electrons. The van der Waals surface area contributed by atoms with E-state index in [0.29, 0.717) is 11.2 Å². The van der Waals surface area contributed by atoms with Gasteiger partial charge in [0.2, 0.25) is 0 Å². The average molecular weight is 240 g/mol. The molecule has 2 aliphatic rings. The van der Waals surface area contributed by atoms with Gasteiger partial charge in [0, 0.05) is 6.54 Å². The molecule has 2 aliphatic carbocycles. The standard InChI is InChI=1S/C11H14ClN3O/c12-8-9(14-6-15-10(8)16)13-5-11(3-4-11)7-1-2-7/h6-7H,1-5H2,(H2,13,14,15,16). The van der Waals surface area contributed by atoms with Crippen molar-refractivity contribution in [1.82, 2.24) is 9.97 Å². The minimum absolute atomic E-state index is 0.161. The molecule has 3 rings (SSSR count). The van der Waals surface area contributed by atoms with E-state index in [9.17, 15) is 4.79 Å². The molecule has 0 aromatic carbocycles. The Morgan fingerprint density at radius 1 is 1.56 bits per heavy atom. The fourth-order valence-corrected chi connectivity index (χ4v) is 2.52. The van der Waals surface area contributed by atoms with Gasteiger partial charge in [-0.3, -0.25) is 4.79 Å².